The van der Waals surface area contributed by atoms with Gasteiger partial charge in [0.25, 0.3) is 0 Å². The molecule has 1 aromatic carbocycles. The number of hydrogen-bond donors (Lipinski definition) is 2. The lowest BCUT2D eigenvalue weighted by molar-refractivity contribution is -0.136. The Hall–Kier alpha value is -1.72. The Morgan fingerprint density at radius 3 is 2.89 bits per heavy atom. The Morgan fingerprint density at radius 1 is 1.37 bits per heavy atom. The highest BCUT2D eigenvalue weighted by Gasteiger charge is 2.07. The standard InChI is InChI=1S/C14H14FNO2S/c15-12-4-3-10(9-16-6-5-14(17)18)8-11(12)13-2-1-7-19-13/h1-4,7-8,16H,5-6,9H2,(H,17,18). The van der Waals surface area contributed by atoms with Crippen LogP contribution in [0, 0.1) is 5.82 Å². The molecule has 0 unspecified atom stereocenters. The average molecular weight is 279 g/mol. The second-order valence-corrected chi connectivity index (χ2v) is 5.06. The fourth-order valence-electron chi connectivity index (χ4n) is 1.73. The Morgan fingerprint density at radius 2 is 2.21 bits per heavy atom. The molecular weight excluding hydrogens is 265 g/mol. The Balaban J connectivity index is 2.03. The third kappa shape index (κ3) is 3.87. The van der Waals surface area contributed by atoms with Crippen molar-refractivity contribution in [2.75, 3.05) is 6.54 Å². The largest absolute Gasteiger partial charge is 0.481 e. The molecule has 19 heavy (non-hydrogen) atoms. The van der Waals surface area contributed by atoms with Crippen LogP contribution in [-0.4, -0.2) is 17.6 Å². The predicted octanol–water partition coefficient (Wildman–Crippen LogP) is 3.12. The first kappa shape index (κ1) is 13.7. The van der Waals surface area contributed by atoms with Crippen LogP contribution in [-0.2, 0) is 11.3 Å². The topological polar surface area (TPSA) is 49.3 Å². The SMILES string of the molecule is O=C(O)CCNCc1ccc(F)c(-c2cccs2)c1. The lowest BCUT2D eigenvalue weighted by atomic mass is 10.1. The number of thiophene rings is 1. The summed E-state index contributed by atoms with van der Waals surface area (Å²) in [5.41, 5.74) is 1.53. The molecular formula is C14H14FNO2S. The number of halogens is 1. The maximum absolute atomic E-state index is 13.7. The van der Waals surface area contributed by atoms with Gasteiger partial charge < -0.3 is 10.4 Å². The molecule has 0 amide bonds. The Labute approximate surface area is 114 Å². The van der Waals surface area contributed by atoms with Gasteiger partial charge >= 0.3 is 5.97 Å². The van der Waals surface area contributed by atoms with Crippen molar-refractivity contribution in [2.45, 2.75) is 13.0 Å². The molecule has 0 atom stereocenters. The van der Waals surface area contributed by atoms with E-state index < -0.39 is 5.97 Å². The number of carboxylic acid groups (broad SMARTS) is 1. The van der Waals surface area contributed by atoms with E-state index in [2.05, 4.69) is 5.32 Å². The summed E-state index contributed by atoms with van der Waals surface area (Å²) in [4.78, 5) is 11.3. The number of benzene rings is 1. The molecule has 100 valence electrons. The van der Waals surface area contributed by atoms with Crippen molar-refractivity contribution in [1.29, 1.82) is 0 Å². The summed E-state index contributed by atoms with van der Waals surface area (Å²) in [6.07, 6.45) is 0.0823. The molecule has 0 radical (unpaired) electrons. The van der Waals surface area contributed by atoms with Crippen molar-refractivity contribution in [3.8, 4) is 10.4 Å². The van der Waals surface area contributed by atoms with Gasteiger partial charge in [-0.15, -0.1) is 11.3 Å². The lowest BCUT2D eigenvalue weighted by Crippen LogP contribution is -2.17. The quantitative estimate of drug-likeness (QED) is 0.799. The molecule has 0 bridgehead atoms. The molecule has 5 heteroatoms. The summed E-state index contributed by atoms with van der Waals surface area (Å²) in [5, 5.41) is 13.5. The lowest BCUT2D eigenvalue weighted by Gasteiger charge is -2.06. The molecule has 0 fully saturated rings. The smallest absolute Gasteiger partial charge is 0.304 e. The van der Waals surface area contributed by atoms with Gasteiger partial charge in [0.15, 0.2) is 0 Å². The van der Waals surface area contributed by atoms with Crippen LogP contribution in [0.1, 0.15) is 12.0 Å². The minimum Gasteiger partial charge on any atom is -0.481 e. The summed E-state index contributed by atoms with van der Waals surface area (Å²) in [6, 6.07) is 8.72. The Bertz CT molecular complexity index is 555. The van der Waals surface area contributed by atoms with Crippen molar-refractivity contribution in [3.63, 3.8) is 0 Å². The average Bonchev–Trinajstić information content (AvgIpc) is 2.90. The van der Waals surface area contributed by atoms with E-state index in [1.165, 1.54) is 17.4 Å². The highest BCUT2D eigenvalue weighted by molar-refractivity contribution is 7.13. The molecule has 0 aliphatic heterocycles. The van der Waals surface area contributed by atoms with Crippen LogP contribution in [0.3, 0.4) is 0 Å². The van der Waals surface area contributed by atoms with E-state index in [4.69, 9.17) is 5.11 Å². The van der Waals surface area contributed by atoms with Crippen molar-refractivity contribution >= 4 is 17.3 Å². The van der Waals surface area contributed by atoms with Crippen LogP contribution in [0.4, 0.5) is 4.39 Å². The van der Waals surface area contributed by atoms with E-state index in [0.29, 0.717) is 18.7 Å². The third-order valence-corrected chi connectivity index (χ3v) is 3.57. The summed E-state index contributed by atoms with van der Waals surface area (Å²) in [6.45, 7) is 0.937. The maximum Gasteiger partial charge on any atom is 0.304 e. The van der Waals surface area contributed by atoms with Gasteiger partial charge in [0.2, 0.25) is 0 Å². The highest BCUT2D eigenvalue weighted by Crippen LogP contribution is 2.28. The van der Waals surface area contributed by atoms with Crippen molar-refractivity contribution < 1.29 is 14.3 Å². The second-order valence-electron chi connectivity index (χ2n) is 4.11. The summed E-state index contributed by atoms with van der Waals surface area (Å²) < 4.78 is 13.7. The molecule has 2 N–H and O–H groups in total. The first-order chi connectivity index (χ1) is 9.16. The molecule has 2 rings (SSSR count). The second kappa shape index (κ2) is 6.45. The highest BCUT2D eigenvalue weighted by atomic mass is 32.1. The molecule has 0 aliphatic rings. The normalized spacial score (nSPS) is 10.6. The summed E-state index contributed by atoms with van der Waals surface area (Å²) in [7, 11) is 0. The van der Waals surface area contributed by atoms with E-state index in [0.717, 1.165) is 10.4 Å². The zero-order chi connectivity index (χ0) is 13.7. The van der Waals surface area contributed by atoms with Gasteiger partial charge in [0, 0.05) is 23.5 Å². The van der Waals surface area contributed by atoms with Crippen LogP contribution in [0.15, 0.2) is 35.7 Å². The van der Waals surface area contributed by atoms with E-state index in [-0.39, 0.29) is 12.2 Å². The van der Waals surface area contributed by atoms with E-state index in [1.807, 2.05) is 17.5 Å². The molecule has 0 spiro atoms. The monoisotopic (exact) mass is 279 g/mol. The molecule has 3 nitrogen and oxygen atoms in total. The maximum atomic E-state index is 13.7. The molecule has 0 saturated heterocycles. The number of hydrogen-bond acceptors (Lipinski definition) is 3. The summed E-state index contributed by atoms with van der Waals surface area (Å²) in [5.74, 6) is -1.07. The minimum absolute atomic E-state index is 0.0823. The van der Waals surface area contributed by atoms with Gasteiger partial charge in [-0.05, 0) is 29.1 Å². The van der Waals surface area contributed by atoms with Gasteiger partial charge in [-0.25, -0.2) is 4.39 Å². The fourth-order valence-corrected chi connectivity index (χ4v) is 2.48. The van der Waals surface area contributed by atoms with Crippen molar-refractivity contribution in [2.24, 2.45) is 0 Å². The number of carboxylic acids is 1. The van der Waals surface area contributed by atoms with Crippen LogP contribution in [0.5, 0.6) is 0 Å². The van der Waals surface area contributed by atoms with E-state index >= 15 is 0 Å². The third-order valence-electron chi connectivity index (χ3n) is 2.66. The van der Waals surface area contributed by atoms with Gasteiger partial charge in [0.05, 0.1) is 6.42 Å². The van der Waals surface area contributed by atoms with Crippen molar-refractivity contribution in [3.05, 3.63) is 47.1 Å². The number of aliphatic carboxylic acids is 1. The van der Waals surface area contributed by atoms with Gasteiger partial charge in [-0.1, -0.05) is 12.1 Å². The zero-order valence-corrected chi connectivity index (χ0v) is 11.0. The predicted molar refractivity (Wildman–Crippen MR) is 73.7 cm³/mol. The minimum atomic E-state index is -0.828. The van der Waals surface area contributed by atoms with E-state index in [1.54, 1.807) is 12.1 Å². The van der Waals surface area contributed by atoms with Gasteiger partial charge in [-0.3, -0.25) is 4.79 Å². The van der Waals surface area contributed by atoms with Crippen LogP contribution >= 0.6 is 11.3 Å². The zero-order valence-electron chi connectivity index (χ0n) is 10.2. The fraction of sp³-hybridized carbons (Fsp3) is 0.214. The molecule has 1 heterocycles. The van der Waals surface area contributed by atoms with Gasteiger partial charge in [0.1, 0.15) is 5.82 Å². The molecule has 0 aliphatic carbocycles. The van der Waals surface area contributed by atoms with E-state index in [9.17, 15) is 9.18 Å². The first-order valence-electron chi connectivity index (χ1n) is 5.91. The molecule has 1 aromatic heterocycles. The Kier molecular flexibility index (Phi) is 4.65. The number of rotatable bonds is 6. The first-order valence-corrected chi connectivity index (χ1v) is 6.79. The van der Waals surface area contributed by atoms with Crippen molar-refractivity contribution in [1.82, 2.24) is 5.32 Å². The molecule has 2 aromatic rings. The van der Waals surface area contributed by atoms with Crippen LogP contribution in [0.2, 0.25) is 0 Å². The molecule has 0 saturated carbocycles. The van der Waals surface area contributed by atoms with Crippen LogP contribution < -0.4 is 5.32 Å². The van der Waals surface area contributed by atoms with Crippen LogP contribution in [0.25, 0.3) is 10.4 Å². The van der Waals surface area contributed by atoms with Gasteiger partial charge in [-0.2, -0.15) is 0 Å². The number of carbonyl (C=O) groups is 1. The number of nitrogens with one attached hydrogen (secondary N) is 1. The summed E-state index contributed by atoms with van der Waals surface area (Å²) >= 11 is 1.49.